The van der Waals surface area contributed by atoms with Crippen molar-refractivity contribution in [2.24, 2.45) is 5.92 Å². The van der Waals surface area contributed by atoms with E-state index >= 15 is 0 Å². The minimum atomic E-state index is -1.27. The lowest BCUT2D eigenvalue weighted by Gasteiger charge is -2.25. The Balaban J connectivity index is 2.42. The van der Waals surface area contributed by atoms with E-state index in [4.69, 9.17) is 0 Å². The van der Waals surface area contributed by atoms with Crippen LogP contribution in [0.25, 0.3) is 5.52 Å². The molecule has 0 saturated carbocycles. The van der Waals surface area contributed by atoms with Crippen LogP contribution in [0.1, 0.15) is 35.9 Å². The Morgan fingerprint density at radius 2 is 2.09 bits per heavy atom. The molecule has 0 radical (unpaired) electrons. The highest BCUT2D eigenvalue weighted by Crippen LogP contribution is 2.38. The van der Waals surface area contributed by atoms with Gasteiger partial charge in [0.15, 0.2) is 5.52 Å². The largest absolute Gasteiger partial charge is 0.545 e. The molecule has 0 aliphatic carbocycles. The zero-order valence-corrected chi connectivity index (χ0v) is 13.9. The van der Waals surface area contributed by atoms with Gasteiger partial charge in [-0.1, -0.05) is 13.8 Å². The number of nitrogens with zero attached hydrogens (tertiary/aromatic N) is 3. The van der Waals surface area contributed by atoms with Crippen molar-refractivity contribution >= 4 is 29.2 Å². The highest BCUT2D eigenvalue weighted by Gasteiger charge is 2.51. The summed E-state index contributed by atoms with van der Waals surface area (Å²) in [5.41, 5.74) is -0.292. The van der Waals surface area contributed by atoms with E-state index in [0.717, 1.165) is 0 Å². The average Bonchev–Trinajstić information content (AvgIpc) is 2.92. The van der Waals surface area contributed by atoms with Gasteiger partial charge in [0, 0.05) is 5.56 Å². The summed E-state index contributed by atoms with van der Waals surface area (Å²) in [5, 5.41) is 14.8. The second kappa shape index (κ2) is 4.71. The number of carbonyl (C=O) groups excluding carboxylic acids is 2. The normalized spacial score (nSPS) is 20.0. The third-order valence-corrected chi connectivity index (χ3v) is 4.66. The smallest absolute Gasteiger partial charge is 0.373 e. The van der Waals surface area contributed by atoms with Crippen molar-refractivity contribution in [2.75, 3.05) is 24.3 Å². The lowest BCUT2D eigenvalue weighted by Crippen LogP contribution is -2.46. The Hall–Kier alpha value is -2.57. The predicted octanol–water partition coefficient (Wildman–Crippen LogP) is 0.137. The van der Waals surface area contributed by atoms with Gasteiger partial charge >= 0.3 is 11.9 Å². The number of anilines is 2. The molecule has 0 amide bonds. The van der Waals surface area contributed by atoms with Crippen molar-refractivity contribution in [3.63, 3.8) is 0 Å². The average molecular weight is 316 g/mol. The Labute approximate surface area is 134 Å². The van der Waals surface area contributed by atoms with Crippen molar-refractivity contribution in [1.29, 1.82) is 0 Å². The highest BCUT2D eigenvalue weighted by molar-refractivity contribution is 6.06. The van der Waals surface area contributed by atoms with E-state index in [1.165, 1.54) is 6.07 Å². The summed E-state index contributed by atoms with van der Waals surface area (Å²) in [6, 6.07) is 3.12. The van der Waals surface area contributed by atoms with Gasteiger partial charge in [0.2, 0.25) is 5.82 Å². The maximum absolute atomic E-state index is 13.0. The van der Waals surface area contributed by atoms with Gasteiger partial charge in [-0.3, -0.25) is 9.69 Å². The molecule has 0 bridgehead atoms. The molecule has 1 aliphatic heterocycles. The zero-order valence-electron chi connectivity index (χ0n) is 13.9. The van der Waals surface area contributed by atoms with Crippen molar-refractivity contribution in [1.82, 2.24) is 4.57 Å². The number of aromatic carboxylic acids is 1. The Morgan fingerprint density at radius 3 is 2.61 bits per heavy atom. The van der Waals surface area contributed by atoms with Gasteiger partial charge in [-0.15, -0.1) is 4.57 Å². The summed E-state index contributed by atoms with van der Waals surface area (Å²) >= 11 is 0. The van der Waals surface area contributed by atoms with Gasteiger partial charge < -0.3 is 15.2 Å². The van der Waals surface area contributed by atoms with Crippen LogP contribution in [0.4, 0.5) is 11.8 Å². The minimum Gasteiger partial charge on any atom is -0.545 e. The molecule has 1 unspecified atom stereocenters. The lowest BCUT2D eigenvalue weighted by molar-refractivity contribution is -0.497. The number of hydrogen-bond donors (Lipinski definition) is 1. The number of pyridine rings is 1. The fraction of sp³-hybridized carbons (Fsp3) is 0.438. The van der Waals surface area contributed by atoms with E-state index in [1.807, 2.05) is 34.9 Å². The molecule has 7 heteroatoms. The van der Waals surface area contributed by atoms with Gasteiger partial charge in [-0.05, 0) is 25.0 Å². The second-order valence-corrected chi connectivity index (χ2v) is 6.59. The Bertz CT molecular complexity index is 837. The summed E-state index contributed by atoms with van der Waals surface area (Å²) in [6.07, 6.45) is 1.74. The van der Waals surface area contributed by atoms with Crippen LogP contribution < -0.4 is 19.7 Å². The van der Waals surface area contributed by atoms with Crippen LogP contribution in [0.5, 0.6) is 0 Å². The van der Waals surface area contributed by atoms with Crippen molar-refractivity contribution < 1.29 is 19.1 Å². The van der Waals surface area contributed by atoms with Crippen LogP contribution in [0.15, 0.2) is 18.3 Å². The zero-order chi connectivity index (χ0) is 17.1. The third-order valence-electron chi connectivity index (χ3n) is 4.66. The number of imidazole rings is 1. The number of carbonyl (C=O) groups is 2. The summed E-state index contributed by atoms with van der Waals surface area (Å²) in [5.74, 6) is -0.233. The number of nitrogens with one attached hydrogen (secondary N) is 1. The van der Waals surface area contributed by atoms with E-state index in [-0.39, 0.29) is 17.4 Å². The molecule has 1 N–H and O–H groups in total. The van der Waals surface area contributed by atoms with Crippen LogP contribution >= 0.6 is 0 Å². The number of hydrogen-bond acceptors (Lipinski definition) is 5. The molecule has 2 aromatic heterocycles. The maximum Gasteiger partial charge on any atom is 0.373 e. The number of carboxylic acid groups (broad SMARTS) is 1. The van der Waals surface area contributed by atoms with E-state index < -0.39 is 11.5 Å². The molecule has 1 atom stereocenters. The van der Waals surface area contributed by atoms with Crippen LogP contribution in [-0.4, -0.2) is 36.1 Å². The van der Waals surface area contributed by atoms with Gasteiger partial charge in [0.05, 0.1) is 26.3 Å². The Morgan fingerprint density at radius 1 is 1.43 bits per heavy atom. The summed E-state index contributed by atoms with van der Waals surface area (Å²) in [6.45, 7) is 5.76. The quantitative estimate of drug-likeness (QED) is 0.815. The van der Waals surface area contributed by atoms with Gasteiger partial charge in [-0.25, -0.2) is 0 Å². The third kappa shape index (κ3) is 1.85. The highest BCUT2D eigenvalue weighted by atomic mass is 16.4. The van der Waals surface area contributed by atoms with Crippen LogP contribution in [0, 0.1) is 5.92 Å². The fourth-order valence-electron chi connectivity index (χ4n) is 3.04. The molecule has 1 aliphatic rings. The first-order valence-corrected chi connectivity index (χ1v) is 7.51. The van der Waals surface area contributed by atoms with E-state index in [1.54, 1.807) is 26.1 Å². The standard InChI is InChI=1S/C16H20N4O3/c1-9(2)16(3)14(23)20-12(17-16)11-10(13(21)22)7-6-8-19(11)15(20)18(4)5/h6-9,17H,1-5H3. The SMILES string of the molecule is CC(C)C1(C)Nc2c3c(C(=O)[O-])ccc[n+]3c(N(C)C)n2C1=O. The van der Waals surface area contributed by atoms with E-state index in [0.29, 0.717) is 17.3 Å². The first-order valence-electron chi connectivity index (χ1n) is 7.51. The molecule has 3 rings (SSSR count). The van der Waals surface area contributed by atoms with Gasteiger partial charge in [0.1, 0.15) is 5.54 Å². The van der Waals surface area contributed by atoms with Crippen LogP contribution in [0.3, 0.4) is 0 Å². The maximum atomic E-state index is 13.0. The van der Waals surface area contributed by atoms with Gasteiger partial charge in [0.25, 0.3) is 0 Å². The molecular weight excluding hydrogens is 296 g/mol. The monoisotopic (exact) mass is 316 g/mol. The number of aromatic nitrogens is 2. The topological polar surface area (TPSA) is 81.5 Å². The molecule has 7 nitrogen and oxygen atoms in total. The molecule has 0 fully saturated rings. The van der Waals surface area contributed by atoms with Crippen LogP contribution in [0.2, 0.25) is 0 Å². The van der Waals surface area contributed by atoms with Crippen molar-refractivity contribution in [3.8, 4) is 0 Å². The second-order valence-electron chi connectivity index (χ2n) is 6.59. The summed E-state index contributed by atoms with van der Waals surface area (Å²) in [4.78, 5) is 26.3. The minimum absolute atomic E-state index is 0.0417. The first-order chi connectivity index (χ1) is 10.7. The molecule has 2 aromatic rings. The molecule has 3 heterocycles. The fourth-order valence-corrected chi connectivity index (χ4v) is 3.04. The number of carboxylic acids is 1. The summed E-state index contributed by atoms with van der Waals surface area (Å²) in [7, 11) is 3.64. The lowest BCUT2D eigenvalue weighted by atomic mass is 9.88. The molecule has 0 aromatic carbocycles. The molecule has 122 valence electrons. The molecule has 23 heavy (non-hydrogen) atoms. The number of fused-ring (bicyclic) bond motifs is 3. The predicted molar refractivity (Wildman–Crippen MR) is 83.7 cm³/mol. The summed E-state index contributed by atoms with van der Waals surface area (Å²) < 4.78 is 3.26. The number of rotatable bonds is 3. The van der Waals surface area contributed by atoms with Crippen molar-refractivity contribution in [2.45, 2.75) is 26.3 Å². The van der Waals surface area contributed by atoms with Crippen LogP contribution in [-0.2, 0) is 0 Å². The molecule has 0 saturated heterocycles. The van der Waals surface area contributed by atoms with E-state index in [9.17, 15) is 14.7 Å². The van der Waals surface area contributed by atoms with E-state index in [2.05, 4.69) is 5.32 Å². The Kier molecular flexibility index (Phi) is 3.14. The van der Waals surface area contributed by atoms with Crippen molar-refractivity contribution in [3.05, 3.63) is 23.9 Å². The van der Waals surface area contributed by atoms with Gasteiger partial charge in [-0.2, -0.15) is 4.40 Å². The first kappa shape index (κ1) is 15.3. The molecule has 0 spiro atoms. The molecular formula is C16H20N4O3.